The molecule has 1 amide bonds. The van der Waals surface area contributed by atoms with E-state index >= 15 is 0 Å². The minimum Gasteiger partial charge on any atom is -0.463 e. The maximum Gasteiger partial charge on any atom is 0.337 e. The molecule has 0 unspecified atom stereocenters. The molecular formula is C15H15FN2O3. The molecule has 2 aliphatic heterocycles. The summed E-state index contributed by atoms with van der Waals surface area (Å²) in [6.45, 7) is 2.52. The molecule has 0 N–H and O–H groups in total. The Kier molecular flexibility index (Phi) is 3.47. The van der Waals surface area contributed by atoms with Gasteiger partial charge in [0.2, 0.25) is 5.91 Å². The predicted molar refractivity (Wildman–Crippen MR) is 72.0 cm³/mol. The van der Waals surface area contributed by atoms with E-state index in [0.29, 0.717) is 18.5 Å². The van der Waals surface area contributed by atoms with Crippen molar-refractivity contribution < 1.29 is 18.7 Å². The first kappa shape index (κ1) is 13.8. The minimum absolute atomic E-state index is 0.0542. The summed E-state index contributed by atoms with van der Waals surface area (Å²) in [5.41, 5.74) is 1.16. The van der Waals surface area contributed by atoms with Crippen molar-refractivity contribution in [2.24, 2.45) is 0 Å². The number of rotatable bonds is 3. The fourth-order valence-electron chi connectivity index (χ4n) is 2.71. The smallest absolute Gasteiger partial charge is 0.337 e. The molecular weight excluding hydrogens is 275 g/mol. The molecule has 2 aliphatic rings. The molecule has 6 heteroatoms. The number of hydrogen-bond acceptors (Lipinski definition) is 4. The number of amides is 1. The SMILES string of the molecule is CCOC(=O)C1=CN2C(=O)CCN2[C@@H]1c1ccc(F)cc1. The molecule has 2 heterocycles. The third-order valence-electron chi connectivity index (χ3n) is 3.64. The zero-order valence-corrected chi connectivity index (χ0v) is 11.6. The number of fused-ring (bicyclic) bond motifs is 1. The maximum absolute atomic E-state index is 13.1. The Morgan fingerprint density at radius 3 is 2.76 bits per heavy atom. The molecule has 1 saturated heterocycles. The largest absolute Gasteiger partial charge is 0.463 e. The van der Waals surface area contributed by atoms with Crippen molar-refractivity contribution in [2.45, 2.75) is 19.4 Å². The van der Waals surface area contributed by atoms with Crippen molar-refractivity contribution >= 4 is 11.9 Å². The van der Waals surface area contributed by atoms with E-state index in [0.717, 1.165) is 5.56 Å². The lowest BCUT2D eigenvalue weighted by Crippen LogP contribution is -2.33. The summed E-state index contributed by atoms with van der Waals surface area (Å²) in [6.07, 6.45) is 1.94. The van der Waals surface area contributed by atoms with Crippen LogP contribution in [0.2, 0.25) is 0 Å². The quantitative estimate of drug-likeness (QED) is 0.796. The highest BCUT2D eigenvalue weighted by Crippen LogP contribution is 2.39. The van der Waals surface area contributed by atoms with E-state index in [1.807, 2.05) is 5.01 Å². The molecule has 1 fully saturated rings. The lowest BCUT2D eigenvalue weighted by Gasteiger charge is -2.26. The van der Waals surface area contributed by atoms with Crippen molar-refractivity contribution in [3.63, 3.8) is 0 Å². The average molecular weight is 290 g/mol. The van der Waals surface area contributed by atoms with Gasteiger partial charge in [-0.2, -0.15) is 0 Å². The number of hydrazine groups is 1. The van der Waals surface area contributed by atoms with E-state index < -0.39 is 12.0 Å². The van der Waals surface area contributed by atoms with Gasteiger partial charge >= 0.3 is 5.97 Å². The number of nitrogens with zero attached hydrogens (tertiary/aromatic N) is 2. The van der Waals surface area contributed by atoms with Gasteiger partial charge in [-0.1, -0.05) is 12.1 Å². The van der Waals surface area contributed by atoms with Crippen LogP contribution in [0, 0.1) is 5.82 Å². The van der Waals surface area contributed by atoms with Crippen molar-refractivity contribution in [3.05, 3.63) is 47.4 Å². The summed E-state index contributed by atoms with van der Waals surface area (Å²) in [5.74, 6) is -0.844. The van der Waals surface area contributed by atoms with E-state index in [2.05, 4.69) is 0 Å². The third kappa shape index (κ3) is 2.31. The van der Waals surface area contributed by atoms with Crippen molar-refractivity contribution in [1.29, 1.82) is 0 Å². The van der Waals surface area contributed by atoms with Gasteiger partial charge in [0.15, 0.2) is 0 Å². The summed E-state index contributed by atoms with van der Waals surface area (Å²) < 4.78 is 18.2. The number of hydrogen-bond donors (Lipinski definition) is 0. The van der Waals surface area contributed by atoms with Gasteiger partial charge in [0, 0.05) is 19.2 Å². The normalized spacial score (nSPS) is 21.4. The van der Waals surface area contributed by atoms with Gasteiger partial charge in [0.05, 0.1) is 18.2 Å². The maximum atomic E-state index is 13.1. The second-order valence-electron chi connectivity index (χ2n) is 4.91. The number of halogens is 1. The van der Waals surface area contributed by atoms with E-state index in [1.165, 1.54) is 23.3 Å². The number of esters is 1. The summed E-state index contributed by atoms with van der Waals surface area (Å²) >= 11 is 0. The van der Waals surface area contributed by atoms with E-state index in [4.69, 9.17) is 4.74 Å². The van der Waals surface area contributed by atoms with Gasteiger partial charge in [-0.3, -0.25) is 4.79 Å². The molecule has 0 bridgehead atoms. The number of benzene rings is 1. The van der Waals surface area contributed by atoms with E-state index in [9.17, 15) is 14.0 Å². The molecule has 0 spiro atoms. The second-order valence-corrected chi connectivity index (χ2v) is 4.91. The molecule has 21 heavy (non-hydrogen) atoms. The van der Waals surface area contributed by atoms with Crippen LogP contribution in [0.25, 0.3) is 0 Å². The first-order valence-corrected chi connectivity index (χ1v) is 6.84. The Hall–Kier alpha value is -2.21. The lowest BCUT2D eigenvalue weighted by atomic mass is 9.99. The number of carbonyl (C=O) groups is 2. The fraction of sp³-hybridized carbons (Fsp3) is 0.333. The van der Waals surface area contributed by atoms with Crippen LogP contribution in [0.15, 0.2) is 36.0 Å². The van der Waals surface area contributed by atoms with E-state index in [1.54, 1.807) is 19.1 Å². The Bertz CT molecular complexity index is 612. The standard InChI is InChI=1S/C15H15FN2O3/c1-2-21-15(20)12-9-18-13(19)7-8-17(18)14(12)10-3-5-11(16)6-4-10/h3-6,9,14H,2,7-8H2,1H3/t14-/m1/s1. The highest BCUT2D eigenvalue weighted by Gasteiger charge is 2.44. The molecule has 1 atom stereocenters. The average Bonchev–Trinajstić information content (AvgIpc) is 3.01. The predicted octanol–water partition coefficient (Wildman–Crippen LogP) is 1.78. The summed E-state index contributed by atoms with van der Waals surface area (Å²) in [7, 11) is 0. The van der Waals surface area contributed by atoms with Crippen molar-refractivity contribution in [3.8, 4) is 0 Å². The molecule has 0 radical (unpaired) electrons. The Labute approximate surface area is 121 Å². The molecule has 0 aromatic heterocycles. The van der Waals surface area contributed by atoms with Gasteiger partial charge in [-0.15, -0.1) is 0 Å². The molecule has 0 saturated carbocycles. The van der Waals surface area contributed by atoms with Crippen LogP contribution < -0.4 is 0 Å². The zero-order chi connectivity index (χ0) is 15.0. The Balaban J connectivity index is 1.98. The van der Waals surface area contributed by atoms with Crippen molar-refractivity contribution in [2.75, 3.05) is 13.2 Å². The van der Waals surface area contributed by atoms with Crippen LogP contribution in [-0.4, -0.2) is 35.0 Å². The van der Waals surface area contributed by atoms with Gasteiger partial charge in [0.25, 0.3) is 0 Å². The van der Waals surface area contributed by atoms with E-state index in [-0.39, 0.29) is 18.3 Å². The van der Waals surface area contributed by atoms with Crippen LogP contribution in [0.1, 0.15) is 24.9 Å². The first-order chi connectivity index (χ1) is 10.1. The highest BCUT2D eigenvalue weighted by atomic mass is 19.1. The van der Waals surface area contributed by atoms with Gasteiger partial charge in [0.1, 0.15) is 5.82 Å². The summed E-state index contributed by atoms with van der Waals surface area (Å²) in [6, 6.07) is 5.53. The van der Waals surface area contributed by atoms with Crippen LogP contribution in [0.4, 0.5) is 4.39 Å². The van der Waals surface area contributed by atoms with Crippen LogP contribution in [0.3, 0.4) is 0 Å². The van der Waals surface area contributed by atoms with Gasteiger partial charge < -0.3 is 4.74 Å². The van der Waals surface area contributed by atoms with Crippen LogP contribution in [0.5, 0.6) is 0 Å². The highest BCUT2D eigenvalue weighted by molar-refractivity contribution is 5.92. The molecule has 3 rings (SSSR count). The van der Waals surface area contributed by atoms with Gasteiger partial charge in [-0.05, 0) is 24.6 Å². The number of ether oxygens (including phenoxy) is 1. The lowest BCUT2D eigenvalue weighted by molar-refractivity contribution is -0.139. The third-order valence-corrected chi connectivity index (χ3v) is 3.64. The zero-order valence-electron chi connectivity index (χ0n) is 11.6. The van der Waals surface area contributed by atoms with Crippen LogP contribution >= 0.6 is 0 Å². The topological polar surface area (TPSA) is 49.9 Å². The Morgan fingerprint density at radius 2 is 2.10 bits per heavy atom. The number of carbonyl (C=O) groups excluding carboxylic acids is 2. The summed E-state index contributed by atoms with van der Waals surface area (Å²) in [4.78, 5) is 23.9. The molecule has 5 nitrogen and oxygen atoms in total. The molecule has 110 valence electrons. The first-order valence-electron chi connectivity index (χ1n) is 6.84. The molecule has 1 aromatic carbocycles. The van der Waals surface area contributed by atoms with Gasteiger partial charge in [-0.25, -0.2) is 19.2 Å². The monoisotopic (exact) mass is 290 g/mol. The fourth-order valence-corrected chi connectivity index (χ4v) is 2.71. The summed E-state index contributed by atoms with van der Waals surface area (Å²) in [5, 5.41) is 3.27. The minimum atomic E-state index is -0.450. The van der Waals surface area contributed by atoms with Crippen LogP contribution in [-0.2, 0) is 14.3 Å². The molecule has 0 aliphatic carbocycles. The van der Waals surface area contributed by atoms with Crippen molar-refractivity contribution in [1.82, 2.24) is 10.0 Å². The Morgan fingerprint density at radius 1 is 1.38 bits per heavy atom. The molecule has 1 aromatic rings. The second kappa shape index (κ2) is 5.29.